The maximum Gasteiger partial charge on any atom is 0.270 e. The van der Waals surface area contributed by atoms with E-state index in [1.807, 2.05) is 48.0 Å². The van der Waals surface area contributed by atoms with E-state index in [-0.39, 0.29) is 11.3 Å². The minimum Gasteiger partial charge on any atom is -0.322 e. The molecule has 2 heterocycles. The van der Waals surface area contributed by atoms with E-state index in [1.165, 1.54) is 24.3 Å². The van der Waals surface area contributed by atoms with Crippen molar-refractivity contribution in [1.82, 2.24) is 14.4 Å². The first kappa shape index (κ1) is 17.3. The third-order valence-corrected chi connectivity index (χ3v) is 4.34. The fraction of sp³-hybridized carbons (Fsp3) is 0.0500. The summed E-state index contributed by atoms with van der Waals surface area (Å²) in [5.74, 6) is 0.167. The van der Waals surface area contributed by atoms with Crippen LogP contribution in [0.4, 0.5) is 11.4 Å². The van der Waals surface area contributed by atoms with E-state index in [0.29, 0.717) is 11.5 Å². The molecule has 1 N–H and O–H groups in total. The van der Waals surface area contributed by atoms with E-state index in [0.717, 1.165) is 16.8 Å². The van der Waals surface area contributed by atoms with Crippen molar-refractivity contribution in [3.8, 4) is 11.3 Å². The maximum atomic E-state index is 12.6. The molecule has 8 nitrogen and oxygen atoms in total. The number of nitrogens with one attached hydrogen (secondary N) is 1. The number of imidazole rings is 1. The van der Waals surface area contributed by atoms with Crippen LogP contribution in [-0.2, 0) is 0 Å². The molecule has 0 atom stereocenters. The number of carbonyl (C=O) groups excluding carboxylic acids is 1. The largest absolute Gasteiger partial charge is 0.322 e. The van der Waals surface area contributed by atoms with Crippen molar-refractivity contribution in [2.45, 2.75) is 6.92 Å². The van der Waals surface area contributed by atoms with Crippen LogP contribution in [-0.4, -0.2) is 25.2 Å². The number of fused-ring (bicyclic) bond motifs is 1. The van der Waals surface area contributed by atoms with Gasteiger partial charge in [-0.25, -0.2) is 9.97 Å². The zero-order valence-corrected chi connectivity index (χ0v) is 14.9. The monoisotopic (exact) mass is 373 g/mol. The Hall–Kier alpha value is -4.07. The Kier molecular flexibility index (Phi) is 4.29. The number of nitro groups is 1. The maximum absolute atomic E-state index is 12.6. The SMILES string of the molecule is Cc1ccc(-c2cn3cccnc3n2)cc1NC(=O)c1cccc([N+](=O)[O-])c1. The van der Waals surface area contributed by atoms with E-state index in [9.17, 15) is 14.9 Å². The van der Waals surface area contributed by atoms with Gasteiger partial charge in [-0.1, -0.05) is 18.2 Å². The van der Waals surface area contributed by atoms with Gasteiger partial charge in [-0.05, 0) is 30.7 Å². The number of hydrogen-bond acceptors (Lipinski definition) is 5. The van der Waals surface area contributed by atoms with Crippen LogP contribution in [0.3, 0.4) is 0 Å². The quantitative estimate of drug-likeness (QED) is 0.432. The molecular formula is C20H15N5O3. The molecule has 0 radical (unpaired) electrons. The summed E-state index contributed by atoms with van der Waals surface area (Å²) >= 11 is 0. The van der Waals surface area contributed by atoms with Crippen LogP contribution >= 0.6 is 0 Å². The lowest BCUT2D eigenvalue weighted by Gasteiger charge is -2.10. The Bertz CT molecular complexity index is 1180. The summed E-state index contributed by atoms with van der Waals surface area (Å²) in [4.78, 5) is 31.7. The van der Waals surface area contributed by atoms with Crippen LogP contribution in [0.15, 0.2) is 67.1 Å². The van der Waals surface area contributed by atoms with Gasteiger partial charge < -0.3 is 5.32 Å². The highest BCUT2D eigenvalue weighted by molar-refractivity contribution is 6.05. The molecule has 28 heavy (non-hydrogen) atoms. The van der Waals surface area contributed by atoms with Crippen LogP contribution in [0.1, 0.15) is 15.9 Å². The summed E-state index contributed by atoms with van der Waals surface area (Å²) in [5, 5.41) is 13.7. The van der Waals surface area contributed by atoms with Crippen LogP contribution < -0.4 is 5.32 Å². The molecule has 138 valence electrons. The summed E-state index contributed by atoms with van der Waals surface area (Å²) < 4.78 is 1.82. The Morgan fingerprint density at radius 3 is 2.82 bits per heavy atom. The molecular weight excluding hydrogens is 358 g/mol. The predicted octanol–water partition coefficient (Wildman–Crippen LogP) is 3.87. The fourth-order valence-corrected chi connectivity index (χ4v) is 2.84. The van der Waals surface area contributed by atoms with Gasteiger partial charge in [0.2, 0.25) is 5.78 Å². The third-order valence-electron chi connectivity index (χ3n) is 4.34. The average molecular weight is 373 g/mol. The van der Waals surface area contributed by atoms with Crippen molar-refractivity contribution in [1.29, 1.82) is 0 Å². The number of benzene rings is 2. The van der Waals surface area contributed by atoms with Crippen molar-refractivity contribution in [2.75, 3.05) is 5.32 Å². The van der Waals surface area contributed by atoms with Crippen LogP contribution in [0.5, 0.6) is 0 Å². The van der Waals surface area contributed by atoms with Crippen molar-refractivity contribution >= 4 is 23.1 Å². The minimum absolute atomic E-state index is 0.129. The van der Waals surface area contributed by atoms with Gasteiger partial charge in [-0.3, -0.25) is 19.3 Å². The van der Waals surface area contributed by atoms with Gasteiger partial charge in [0.05, 0.1) is 10.6 Å². The summed E-state index contributed by atoms with van der Waals surface area (Å²) in [6.45, 7) is 1.87. The Morgan fingerprint density at radius 2 is 2.04 bits per heavy atom. The highest BCUT2D eigenvalue weighted by Gasteiger charge is 2.14. The van der Waals surface area contributed by atoms with E-state index < -0.39 is 10.8 Å². The molecule has 0 spiro atoms. The van der Waals surface area contributed by atoms with Gasteiger partial charge in [0, 0.05) is 47.5 Å². The summed E-state index contributed by atoms with van der Waals surface area (Å²) in [6, 6.07) is 13.1. The molecule has 0 aliphatic carbocycles. The molecule has 0 fully saturated rings. The molecule has 0 aliphatic heterocycles. The van der Waals surface area contributed by atoms with Crippen molar-refractivity contribution in [3.05, 3.63) is 88.4 Å². The molecule has 0 bridgehead atoms. The molecule has 4 aromatic rings. The smallest absolute Gasteiger partial charge is 0.270 e. The molecule has 4 rings (SSSR count). The van der Waals surface area contributed by atoms with Gasteiger partial charge in [0.25, 0.3) is 11.6 Å². The molecule has 2 aromatic carbocycles. The number of aromatic nitrogens is 3. The van der Waals surface area contributed by atoms with Crippen molar-refractivity contribution in [3.63, 3.8) is 0 Å². The number of nitrogens with zero attached hydrogens (tertiary/aromatic N) is 4. The highest BCUT2D eigenvalue weighted by atomic mass is 16.6. The first-order valence-electron chi connectivity index (χ1n) is 8.48. The number of aryl methyl sites for hydroxylation is 1. The van der Waals surface area contributed by atoms with Crippen LogP contribution in [0, 0.1) is 17.0 Å². The lowest BCUT2D eigenvalue weighted by atomic mass is 10.1. The predicted molar refractivity (Wildman–Crippen MR) is 104 cm³/mol. The lowest BCUT2D eigenvalue weighted by Crippen LogP contribution is -2.13. The van der Waals surface area contributed by atoms with Gasteiger partial charge in [0.15, 0.2) is 0 Å². The number of hydrogen-bond donors (Lipinski definition) is 1. The number of anilines is 1. The summed E-state index contributed by atoms with van der Waals surface area (Å²) in [7, 11) is 0. The third kappa shape index (κ3) is 3.30. The zero-order chi connectivity index (χ0) is 19.7. The van der Waals surface area contributed by atoms with Crippen LogP contribution in [0.25, 0.3) is 17.0 Å². The first-order chi connectivity index (χ1) is 13.5. The molecule has 1 amide bonds. The topological polar surface area (TPSA) is 102 Å². The second-order valence-corrected chi connectivity index (χ2v) is 6.24. The Labute approximate surface area is 159 Å². The van der Waals surface area contributed by atoms with E-state index in [1.54, 1.807) is 6.20 Å². The van der Waals surface area contributed by atoms with Gasteiger partial charge in [-0.2, -0.15) is 0 Å². The molecule has 2 aromatic heterocycles. The Balaban J connectivity index is 1.65. The average Bonchev–Trinajstić information content (AvgIpc) is 3.14. The zero-order valence-electron chi connectivity index (χ0n) is 14.9. The van der Waals surface area contributed by atoms with Crippen molar-refractivity contribution < 1.29 is 9.72 Å². The minimum atomic E-state index is -0.528. The number of amides is 1. The van der Waals surface area contributed by atoms with E-state index in [4.69, 9.17) is 0 Å². The lowest BCUT2D eigenvalue weighted by molar-refractivity contribution is -0.384. The van der Waals surface area contributed by atoms with Crippen LogP contribution in [0.2, 0.25) is 0 Å². The number of carbonyl (C=O) groups is 1. The summed E-state index contributed by atoms with van der Waals surface area (Å²) in [5.41, 5.74) is 3.12. The van der Waals surface area contributed by atoms with E-state index in [2.05, 4.69) is 15.3 Å². The molecule has 8 heteroatoms. The number of rotatable bonds is 4. The fourth-order valence-electron chi connectivity index (χ4n) is 2.84. The van der Waals surface area contributed by atoms with Crippen molar-refractivity contribution in [2.24, 2.45) is 0 Å². The highest BCUT2D eigenvalue weighted by Crippen LogP contribution is 2.25. The van der Waals surface area contributed by atoms with Gasteiger partial charge in [0.1, 0.15) is 0 Å². The number of nitro benzene ring substituents is 1. The van der Waals surface area contributed by atoms with Gasteiger partial charge >= 0.3 is 0 Å². The second kappa shape index (κ2) is 6.92. The summed E-state index contributed by atoms with van der Waals surface area (Å²) in [6.07, 6.45) is 5.39. The second-order valence-electron chi connectivity index (χ2n) is 6.24. The number of non-ortho nitro benzene ring substituents is 1. The molecule has 0 aliphatic rings. The van der Waals surface area contributed by atoms with E-state index >= 15 is 0 Å². The standard InChI is InChI=1S/C20H15N5O3/c1-13-6-7-14(18-12-24-9-3-8-21-20(24)23-18)11-17(13)22-19(26)15-4-2-5-16(10-15)25(27)28/h2-12H,1H3,(H,22,26). The Morgan fingerprint density at radius 1 is 1.18 bits per heavy atom. The normalized spacial score (nSPS) is 10.8. The first-order valence-corrected chi connectivity index (χ1v) is 8.48. The molecule has 0 unspecified atom stereocenters. The molecule has 0 saturated carbocycles. The molecule has 0 saturated heterocycles. The van der Waals surface area contributed by atoms with Gasteiger partial charge in [-0.15, -0.1) is 0 Å².